The molecule has 3 N–H and O–H groups in total. The van der Waals surface area contributed by atoms with Gasteiger partial charge < -0.3 is 16.0 Å². The standard InChI is InChI=1S/C23H22N6O/c1-14(2)21-17(13-25)5-4-6-19(21)22(30)28-18-8-7-16(12-24)20(11-18)29-23-26-10-9-15(3)27-23/h4-12,14,24H,1-3H3,(H,28,30)(H,26,27,29). The largest absolute Gasteiger partial charge is 0.323 e. The van der Waals surface area contributed by atoms with Crippen LogP contribution in [0.15, 0.2) is 48.7 Å². The fourth-order valence-corrected chi connectivity index (χ4v) is 3.18. The zero-order valence-electron chi connectivity index (χ0n) is 17.0. The van der Waals surface area contributed by atoms with Gasteiger partial charge in [0.2, 0.25) is 5.95 Å². The van der Waals surface area contributed by atoms with Crippen molar-refractivity contribution in [2.24, 2.45) is 0 Å². The van der Waals surface area contributed by atoms with Crippen LogP contribution < -0.4 is 10.6 Å². The number of nitriles is 1. The van der Waals surface area contributed by atoms with Crippen LogP contribution in [0.25, 0.3) is 0 Å². The number of anilines is 3. The summed E-state index contributed by atoms with van der Waals surface area (Å²) in [6.45, 7) is 5.77. The van der Waals surface area contributed by atoms with E-state index < -0.39 is 0 Å². The maximum absolute atomic E-state index is 13.0. The van der Waals surface area contributed by atoms with Crippen molar-refractivity contribution >= 4 is 29.4 Å². The van der Waals surface area contributed by atoms with Crippen molar-refractivity contribution in [3.8, 4) is 6.07 Å². The minimum atomic E-state index is -0.295. The molecule has 0 aliphatic carbocycles. The van der Waals surface area contributed by atoms with Crippen molar-refractivity contribution in [1.82, 2.24) is 9.97 Å². The van der Waals surface area contributed by atoms with Crippen molar-refractivity contribution in [2.45, 2.75) is 26.7 Å². The van der Waals surface area contributed by atoms with Crippen molar-refractivity contribution in [2.75, 3.05) is 10.6 Å². The molecule has 150 valence electrons. The SMILES string of the molecule is Cc1ccnc(Nc2cc(NC(=O)c3cccc(C#N)c3C(C)C)ccc2C=N)n1. The molecule has 0 saturated heterocycles. The summed E-state index contributed by atoms with van der Waals surface area (Å²) in [4.78, 5) is 21.5. The lowest BCUT2D eigenvalue weighted by Crippen LogP contribution is -2.16. The maximum atomic E-state index is 13.0. The Balaban J connectivity index is 1.92. The molecule has 0 saturated carbocycles. The van der Waals surface area contributed by atoms with Crippen LogP contribution in [0.4, 0.5) is 17.3 Å². The third kappa shape index (κ3) is 4.50. The Labute approximate surface area is 175 Å². The zero-order chi connectivity index (χ0) is 21.7. The van der Waals surface area contributed by atoms with E-state index in [0.717, 1.165) is 11.3 Å². The molecule has 1 aromatic heterocycles. The highest BCUT2D eigenvalue weighted by molar-refractivity contribution is 6.06. The van der Waals surface area contributed by atoms with E-state index in [9.17, 15) is 10.1 Å². The third-order valence-corrected chi connectivity index (χ3v) is 4.56. The molecule has 1 heterocycles. The number of aromatic nitrogens is 2. The van der Waals surface area contributed by atoms with E-state index in [0.29, 0.717) is 34.0 Å². The topological polar surface area (TPSA) is 115 Å². The molecule has 3 aromatic rings. The summed E-state index contributed by atoms with van der Waals surface area (Å²) in [7, 11) is 0. The Morgan fingerprint density at radius 2 is 2.03 bits per heavy atom. The van der Waals surface area contributed by atoms with E-state index in [1.807, 2.05) is 20.8 Å². The Morgan fingerprint density at radius 1 is 1.23 bits per heavy atom. The summed E-state index contributed by atoms with van der Waals surface area (Å²) in [5.41, 5.74) is 4.29. The molecular formula is C23H22N6O. The second-order valence-corrected chi connectivity index (χ2v) is 7.08. The predicted octanol–water partition coefficient (Wildman–Crippen LogP) is 4.77. The summed E-state index contributed by atoms with van der Waals surface area (Å²) >= 11 is 0. The average molecular weight is 398 g/mol. The molecule has 2 aromatic carbocycles. The Kier molecular flexibility index (Phi) is 6.18. The molecule has 0 aliphatic rings. The lowest BCUT2D eigenvalue weighted by atomic mass is 9.92. The van der Waals surface area contributed by atoms with E-state index >= 15 is 0 Å². The highest BCUT2D eigenvalue weighted by Gasteiger charge is 2.18. The number of nitrogens with zero attached hydrogens (tertiary/aromatic N) is 3. The highest BCUT2D eigenvalue weighted by Crippen LogP contribution is 2.26. The first-order valence-corrected chi connectivity index (χ1v) is 9.48. The maximum Gasteiger partial charge on any atom is 0.255 e. The number of carbonyl (C=O) groups excluding carboxylic acids is 1. The van der Waals surface area contributed by atoms with Crippen molar-refractivity contribution in [1.29, 1.82) is 10.7 Å². The van der Waals surface area contributed by atoms with Crippen molar-refractivity contribution in [3.63, 3.8) is 0 Å². The fourth-order valence-electron chi connectivity index (χ4n) is 3.18. The summed E-state index contributed by atoms with van der Waals surface area (Å²) in [5, 5.41) is 23.0. The van der Waals surface area contributed by atoms with Gasteiger partial charge in [-0.2, -0.15) is 5.26 Å². The van der Waals surface area contributed by atoms with Crippen molar-refractivity contribution < 1.29 is 4.79 Å². The van der Waals surface area contributed by atoms with E-state index in [4.69, 9.17) is 5.41 Å². The lowest BCUT2D eigenvalue weighted by molar-refractivity contribution is 0.102. The number of amides is 1. The van der Waals surface area contributed by atoms with Crippen LogP contribution in [0.2, 0.25) is 0 Å². The van der Waals surface area contributed by atoms with Crippen LogP contribution >= 0.6 is 0 Å². The van der Waals surface area contributed by atoms with E-state index in [1.165, 1.54) is 6.21 Å². The zero-order valence-corrected chi connectivity index (χ0v) is 17.0. The number of benzene rings is 2. The highest BCUT2D eigenvalue weighted by atomic mass is 16.1. The fraction of sp³-hybridized carbons (Fsp3) is 0.174. The molecule has 30 heavy (non-hydrogen) atoms. The molecule has 0 fully saturated rings. The van der Waals surface area contributed by atoms with E-state index in [2.05, 4.69) is 26.7 Å². The molecular weight excluding hydrogens is 376 g/mol. The second kappa shape index (κ2) is 8.97. The first-order valence-electron chi connectivity index (χ1n) is 9.48. The molecule has 0 spiro atoms. The van der Waals surface area contributed by atoms with Gasteiger partial charge in [-0.25, -0.2) is 9.97 Å². The molecule has 7 heteroatoms. The van der Waals surface area contributed by atoms with Crippen LogP contribution in [0, 0.1) is 23.7 Å². The summed E-state index contributed by atoms with van der Waals surface area (Å²) < 4.78 is 0. The molecule has 7 nitrogen and oxygen atoms in total. The van der Waals surface area contributed by atoms with Crippen LogP contribution in [0.1, 0.15) is 52.5 Å². The van der Waals surface area contributed by atoms with Gasteiger partial charge in [0.05, 0.1) is 17.3 Å². The minimum Gasteiger partial charge on any atom is -0.323 e. The van der Waals surface area contributed by atoms with Crippen molar-refractivity contribution in [3.05, 3.63) is 76.6 Å². The number of rotatable bonds is 6. The van der Waals surface area contributed by atoms with Crippen LogP contribution in [-0.4, -0.2) is 22.1 Å². The molecule has 1 amide bonds. The van der Waals surface area contributed by atoms with Crippen LogP contribution in [0.5, 0.6) is 0 Å². The molecule has 0 aliphatic heterocycles. The summed E-state index contributed by atoms with van der Waals surface area (Å²) in [6, 6.07) is 14.3. The number of hydrogen-bond donors (Lipinski definition) is 3. The monoisotopic (exact) mass is 398 g/mol. The van der Waals surface area contributed by atoms with Gasteiger partial charge in [-0.3, -0.25) is 4.79 Å². The molecule has 0 radical (unpaired) electrons. The Hall–Kier alpha value is -4.05. The average Bonchev–Trinajstić information content (AvgIpc) is 2.73. The second-order valence-electron chi connectivity index (χ2n) is 7.08. The van der Waals surface area contributed by atoms with Gasteiger partial charge in [-0.1, -0.05) is 19.9 Å². The smallest absolute Gasteiger partial charge is 0.255 e. The van der Waals surface area contributed by atoms with Gasteiger partial charge >= 0.3 is 0 Å². The predicted molar refractivity (Wildman–Crippen MR) is 118 cm³/mol. The quantitative estimate of drug-likeness (QED) is 0.517. The molecule has 3 rings (SSSR count). The van der Waals surface area contributed by atoms with Gasteiger partial charge in [0.15, 0.2) is 0 Å². The first-order chi connectivity index (χ1) is 14.4. The normalized spacial score (nSPS) is 10.4. The van der Waals surface area contributed by atoms with Gasteiger partial charge in [0, 0.05) is 34.9 Å². The number of carbonyl (C=O) groups is 1. The van der Waals surface area contributed by atoms with E-state index in [1.54, 1.807) is 48.7 Å². The Bertz CT molecular complexity index is 1150. The van der Waals surface area contributed by atoms with Gasteiger partial charge in [0.25, 0.3) is 5.91 Å². The molecule has 0 bridgehead atoms. The lowest BCUT2D eigenvalue weighted by Gasteiger charge is -2.15. The molecule has 0 unspecified atom stereocenters. The minimum absolute atomic E-state index is 0.0255. The van der Waals surface area contributed by atoms with E-state index in [-0.39, 0.29) is 11.8 Å². The van der Waals surface area contributed by atoms with Gasteiger partial charge in [-0.15, -0.1) is 0 Å². The Morgan fingerprint density at radius 3 is 2.70 bits per heavy atom. The molecule has 0 atom stereocenters. The van der Waals surface area contributed by atoms with Crippen LogP contribution in [0.3, 0.4) is 0 Å². The summed E-state index contributed by atoms with van der Waals surface area (Å²) in [5.74, 6) is 0.138. The number of nitrogens with one attached hydrogen (secondary N) is 3. The number of hydrogen-bond acceptors (Lipinski definition) is 6. The van der Waals surface area contributed by atoms with Gasteiger partial charge in [-0.05, 0) is 54.8 Å². The van der Waals surface area contributed by atoms with Gasteiger partial charge in [0.1, 0.15) is 0 Å². The first kappa shape index (κ1) is 20.7. The number of aryl methyl sites for hydroxylation is 1. The third-order valence-electron chi connectivity index (χ3n) is 4.56. The van der Waals surface area contributed by atoms with Crippen LogP contribution in [-0.2, 0) is 0 Å². The summed E-state index contributed by atoms with van der Waals surface area (Å²) in [6.07, 6.45) is 2.87.